The Bertz CT molecular complexity index is 642. The van der Waals surface area contributed by atoms with Crippen molar-refractivity contribution in [2.24, 2.45) is 0 Å². The number of carbonyl (C=O) groups excluding carboxylic acids is 1. The number of hydrogen-bond donors (Lipinski definition) is 2. The SMILES string of the molecule is CC1CN(c2ccc(CNC(=O)NCc3ccco3)cn2)CCO1. The van der Waals surface area contributed by atoms with Crippen molar-refractivity contribution < 1.29 is 13.9 Å². The van der Waals surface area contributed by atoms with Gasteiger partial charge in [0.2, 0.25) is 0 Å². The Morgan fingerprint density at radius 3 is 2.92 bits per heavy atom. The lowest BCUT2D eigenvalue weighted by Gasteiger charge is -2.32. The molecule has 1 aliphatic rings. The Balaban J connectivity index is 1.44. The van der Waals surface area contributed by atoms with Crippen LogP contribution in [0.3, 0.4) is 0 Å². The van der Waals surface area contributed by atoms with E-state index in [4.69, 9.17) is 9.15 Å². The van der Waals surface area contributed by atoms with Crippen LogP contribution in [0, 0.1) is 0 Å². The molecule has 2 amide bonds. The van der Waals surface area contributed by atoms with Gasteiger partial charge in [0.05, 0.1) is 25.5 Å². The number of carbonyl (C=O) groups is 1. The quantitative estimate of drug-likeness (QED) is 0.875. The molecule has 1 aliphatic heterocycles. The van der Waals surface area contributed by atoms with Crippen LogP contribution in [0.2, 0.25) is 0 Å². The highest BCUT2D eigenvalue weighted by Crippen LogP contribution is 2.15. The third kappa shape index (κ3) is 4.48. The third-order valence-corrected chi connectivity index (χ3v) is 3.83. The number of aromatic nitrogens is 1. The lowest BCUT2D eigenvalue weighted by atomic mass is 10.2. The van der Waals surface area contributed by atoms with E-state index in [1.54, 1.807) is 18.5 Å². The molecule has 2 aromatic rings. The zero-order valence-electron chi connectivity index (χ0n) is 13.7. The molecule has 1 atom stereocenters. The molecule has 7 heteroatoms. The molecule has 3 rings (SSSR count). The van der Waals surface area contributed by atoms with Gasteiger partial charge in [0.1, 0.15) is 11.6 Å². The largest absolute Gasteiger partial charge is 0.467 e. The minimum absolute atomic E-state index is 0.222. The summed E-state index contributed by atoms with van der Waals surface area (Å²) in [6.07, 6.45) is 3.60. The topological polar surface area (TPSA) is 79.6 Å². The van der Waals surface area contributed by atoms with Gasteiger partial charge in [-0.25, -0.2) is 9.78 Å². The molecule has 0 saturated carbocycles. The van der Waals surface area contributed by atoms with Crippen LogP contribution in [0.25, 0.3) is 0 Å². The molecular formula is C17H22N4O3. The number of ether oxygens (including phenoxy) is 1. The van der Waals surface area contributed by atoms with Crippen LogP contribution in [0.15, 0.2) is 41.1 Å². The van der Waals surface area contributed by atoms with Gasteiger partial charge < -0.3 is 24.7 Å². The molecule has 0 spiro atoms. The van der Waals surface area contributed by atoms with Crippen molar-refractivity contribution in [2.75, 3.05) is 24.6 Å². The van der Waals surface area contributed by atoms with Gasteiger partial charge in [-0.3, -0.25) is 0 Å². The first-order valence-corrected chi connectivity index (χ1v) is 8.06. The number of pyridine rings is 1. The monoisotopic (exact) mass is 330 g/mol. The van der Waals surface area contributed by atoms with Crippen molar-refractivity contribution in [1.29, 1.82) is 0 Å². The van der Waals surface area contributed by atoms with Gasteiger partial charge in [-0.1, -0.05) is 6.07 Å². The first-order chi connectivity index (χ1) is 11.7. The number of hydrogen-bond acceptors (Lipinski definition) is 5. The maximum absolute atomic E-state index is 11.8. The number of amides is 2. The standard InChI is InChI=1S/C17H22N4O3/c1-13-12-21(6-8-23-13)16-5-4-14(9-18-16)10-19-17(22)20-11-15-3-2-7-24-15/h2-5,7,9,13H,6,8,10-12H2,1H3,(H2,19,20,22). The highest BCUT2D eigenvalue weighted by molar-refractivity contribution is 5.73. The molecule has 1 unspecified atom stereocenters. The van der Waals surface area contributed by atoms with Gasteiger partial charge >= 0.3 is 6.03 Å². The average molecular weight is 330 g/mol. The van der Waals surface area contributed by atoms with E-state index in [1.807, 2.05) is 18.2 Å². The summed E-state index contributed by atoms with van der Waals surface area (Å²) < 4.78 is 10.7. The fraction of sp³-hybridized carbons (Fsp3) is 0.412. The summed E-state index contributed by atoms with van der Waals surface area (Å²) in [6, 6.07) is 7.33. The van der Waals surface area contributed by atoms with Crippen LogP contribution in [-0.4, -0.2) is 36.8 Å². The predicted octanol–water partition coefficient (Wildman–Crippen LogP) is 1.90. The van der Waals surface area contributed by atoms with Crippen LogP contribution in [0.1, 0.15) is 18.2 Å². The molecule has 2 aromatic heterocycles. The van der Waals surface area contributed by atoms with E-state index in [9.17, 15) is 4.79 Å². The van der Waals surface area contributed by atoms with Gasteiger partial charge in [-0.15, -0.1) is 0 Å². The highest BCUT2D eigenvalue weighted by atomic mass is 16.5. The molecule has 0 aromatic carbocycles. The zero-order chi connectivity index (χ0) is 16.8. The number of rotatable bonds is 5. The second kappa shape index (κ2) is 7.83. The van der Waals surface area contributed by atoms with Crippen LogP contribution in [-0.2, 0) is 17.8 Å². The third-order valence-electron chi connectivity index (χ3n) is 3.83. The summed E-state index contributed by atoms with van der Waals surface area (Å²) in [7, 11) is 0. The second-order valence-electron chi connectivity index (χ2n) is 5.77. The van der Waals surface area contributed by atoms with Gasteiger partial charge in [0, 0.05) is 25.8 Å². The Hall–Kier alpha value is -2.54. The minimum atomic E-state index is -0.238. The van der Waals surface area contributed by atoms with Crippen LogP contribution in [0.4, 0.5) is 10.6 Å². The zero-order valence-corrected chi connectivity index (χ0v) is 13.7. The molecule has 2 N–H and O–H groups in total. The Morgan fingerprint density at radius 1 is 1.33 bits per heavy atom. The van der Waals surface area contributed by atoms with Crippen molar-refractivity contribution in [2.45, 2.75) is 26.1 Å². The molecular weight excluding hydrogens is 308 g/mol. The molecule has 7 nitrogen and oxygen atoms in total. The van der Waals surface area contributed by atoms with E-state index in [1.165, 1.54) is 0 Å². The lowest BCUT2D eigenvalue weighted by Crippen LogP contribution is -2.41. The Kier molecular flexibility index (Phi) is 5.32. The summed E-state index contributed by atoms with van der Waals surface area (Å²) >= 11 is 0. The second-order valence-corrected chi connectivity index (χ2v) is 5.77. The van der Waals surface area contributed by atoms with E-state index < -0.39 is 0 Å². The van der Waals surface area contributed by atoms with E-state index in [2.05, 4.69) is 27.4 Å². The molecule has 1 fully saturated rings. The smallest absolute Gasteiger partial charge is 0.315 e. The van der Waals surface area contributed by atoms with E-state index in [0.717, 1.165) is 36.8 Å². The summed E-state index contributed by atoms with van der Waals surface area (Å²) in [5.41, 5.74) is 0.952. The molecule has 24 heavy (non-hydrogen) atoms. The molecule has 0 bridgehead atoms. The maximum Gasteiger partial charge on any atom is 0.315 e. The predicted molar refractivity (Wildman–Crippen MR) is 89.6 cm³/mol. The number of furan rings is 1. The molecule has 1 saturated heterocycles. The summed E-state index contributed by atoms with van der Waals surface area (Å²) in [5.74, 6) is 1.66. The van der Waals surface area contributed by atoms with Crippen LogP contribution >= 0.6 is 0 Å². The molecule has 128 valence electrons. The normalized spacial score (nSPS) is 17.5. The van der Waals surface area contributed by atoms with Crippen molar-refractivity contribution in [3.8, 4) is 0 Å². The number of nitrogens with zero attached hydrogens (tertiary/aromatic N) is 2. The van der Waals surface area contributed by atoms with Gasteiger partial charge in [0.25, 0.3) is 0 Å². The van der Waals surface area contributed by atoms with Crippen LogP contribution < -0.4 is 15.5 Å². The highest BCUT2D eigenvalue weighted by Gasteiger charge is 2.17. The lowest BCUT2D eigenvalue weighted by molar-refractivity contribution is 0.0529. The maximum atomic E-state index is 11.8. The minimum Gasteiger partial charge on any atom is -0.467 e. The van der Waals surface area contributed by atoms with E-state index >= 15 is 0 Å². The summed E-state index contributed by atoms with van der Waals surface area (Å²) in [6.45, 7) is 5.28. The average Bonchev–Trinajstić information content (AvgIpc) is 3.12. The van der Waals surface area contributed by atoms with Crippen molar-refractivity contribution in [1.82, 2.24) is 15.6 Å². The Labute approximate surface area is 141 Å². The first-order valence-electron chi connectivity index (χ1n) is 8.06. The summed E-state index contributed by atoms with van der Waals surface area (Å²) in [4.78, 5) is 18.5. The fourth-order valence-electron chi connectivity index (χ4n) is 2.56. The van der Waals surface area contributed by atoms with E-state index in [-0.39, 0.29) is 12.1 Å². The molecule has 0 radical (unpaired) electrons. The van der Waals surface area contributed by atoms with Gasteiger partial charge in [-0.05, 0) is 30.7 Å². The number of nitrogens with one attached hydrogen (secondary N) is 2. The fourth-order valence-corrected chi connectivity index (χ4v) is 2.56. The number of morpholine rings is 1. The summed E-state index contributed by atoms with van der Waals surface area (Å²) in [5, 5.41) is 5.54. The van der Waals surface area contributed by atoms with E-state index in [0.29, 0.717) is 13.1 Å². The van der Waals surface area contributed by atoms with Crippen molar-refractivity contribution in [3.63, 3.8) is 0 Å². The molecule has 3 heterocycles. The van der Waals surface area contributed by atoms with Crippen LogP contribution in [0.5, 0.6) is 0 Å². The number of anilines is 1. The molecule has 0 aliphatic carbocycles. The van der Waals surface area contributed by atoms with Gasteiger partial charge in [0.15, 0.2) is 0 Å². The Morgan fingerprint density at radius 2 is 2.21 bits per heavy atom. The van der Waals surface area contributed by atoms with Crippen molar-refractivity contribution in [3.05, 3.63) is 48.0 Å². The van der Waals surface area contributed by atoms with Crippen molar-refractivity contribution >= 4 is 11.8 Å². The van der Waals surface area contributed by atoms with Gasteiger partial charge in [-0.2, -0.15) is 0 Å². The number of urea groups is 1. The first kappa shape index (κ1) is 16.3.